The number of fused-ring (bicyclic) bond motifs is 1. The molecule has 0 unspecified atom stereocenters. The van der Waals surface area contributed by atoms with E-state index in [0.717, 1.165) is 11.1 Å². The molecule has 0 saturated carbocycles. The predicted octanol–water partition coefficient (Wildman–Crippen LogP) is 4.01. The number of alkyl halides is 3. The van der Waals surface area contributed by atoms with Crippen LogP contribution in [-0.2, 0) is 23.8 Å². The summed E-state index contributed by atoms with van der Waals surface area (Å²) in [5.41, 5.74) is 1.21. The smallest absolute Gasteiger partial charge is 0.355 e. The zero-order valence-electron chi connectivity index (χ0n) is 16.9. The molecule has 0 radical (unpaired) electrons. The number of aromatic nitrogens is 2. The largest absolute Gasteiger partial charge is 0.419 e. The second-order valence-electron chi connectivity index (χ2n) is 7.22. The molecule has 0 saturated heterocycles. The molecule has 10 heteroatoms. The van der Waals surface area contributed by atoms with Crippen molar-refractivity contribution in [1.29, 1.82) is 0 Å². The van der Waals surface area contributed by atoms with E-state index in [0.29, 0.717) is 24.7 Å². The third kappa shape index (κ3) is 4.39. The fourth-order valence-electron chi connectivity index (χ4n) is 3.48. The minimum absolute atomic E-state index is 0.0226. The van der Waals surface area contributed by atoms with Gasteiger partial charge in [-0.2, -0.15) is 13.2 Å². The van der Waals surface area contributed by atoms with Gasteiger partial charge in [0.05, 0.1) is 16.8 Å². The van der Waals surface area contributed by atoms with Crippen LogP contribution >= 0.6 is 0 Å². The highest BCUT2D eigenvalue weighted by molar-refractivity contribution is 5.99. The highest BCUT2D eigenvalue weighted by atomic mass is 19.4. The molecular formula is C22H18F3N5O2. The molecule has 1 amide bonds. The maximum absolute atomic E-state index is 13.6. The molecule has 7 nitrogen and oxygen atoms in total. The lowest BCUT2D eigenvalue weighted by atomic mass is 10.1. The average molecular weight is 441 g/mol. The topological polar surface area (TPSA) is 96.0 Å². The van der Waals surface area contributed by atoms with E-state index < -0.39 is 17.6 Å². The molecule has 0 atom stereocenters. The highest BCUT2D eigenvalue weighted by Gasteiger charge is 2.34. The number of pyridine rings is 2. The number of nitrogens with zero attached hydrogens (tertiary/aromatic N) is 2. The Labute approximate surface area is 181 Å². The quantitative estimate of drug-likeness (QED) is 0.554. The van der Waals surface area contributed by atoms with Crippen LogP contribution in [0.1, 0.15) is 27.0 Å². The fourth-order valence-corrected chi connectivity index (χ4v) is 3.48. The molecule has 164 valence electrons. The van der Waals surface area contributed by atoms with E-state index in [4.69, 9.17) is 0 Å². The van der Waals surface area contributed by atoms with Crippen LogP contribution in [0.25, 0.3) is 0 Å². The number of rotatable bonds is 5. The summed E-state index contributed by atoms with van der Waals surface area (Å²) in [5, 5.41) is 8.02. The van der Waals surface area contributed by atoms with Crippen molar-refractivity contribution in [2.24, 2.45) is 0 Å². The SMILES string of the molecule is CNC(=O)c1cccnc1Nc1cc(Nc2ccc3c(c2)CC(=O)C3)ncc1C(F)(F)F. The van der Waals surface area contributed by atoms with Crippen LogP contribution in [0.5, 0.6) is 0 Å². The number of Topliss-reactive ketones (excluding diaryl/α,β-unsaturated/α-hetero) is 1. The lowest BCUT2D eigenvalue weighted by molar-refractivity contribution is -0.137. The van der Waals surface area contributed by atoms with Crippen molar-refractivity contribution in [3.05, 3.63) is 71.0 Å². The second-order valence-corrected chi connectivity index (χ2v) is 7.22. The Morgan fingerprint density at radius 3 is 2.56 bits per heavy atom. The van der Waals surface area contributed by atoms with Crippen LogP contribution < -0.4 is 16.0 Å². The first-order chi connectivity index (χ1) is 15.2. The number of ketones is 1. The van der Waals surface area contributed by atoms with Crippen molar-refractivity contribution in [2.45, 2.75) is 19.0 Å². The van der Waals surface area contributed by atoms with Crippen LogP contribution in [0.2, 0.25) is 0 Å². The van der Waals surface area contributed by atoms with Gasteiger partial charge in [-0.3, -0.25) is 9.59 Å². The molecule has 0 spiro atoms. The summed E-state index contributed by atoms with van der Waals surface area (Å²) in [6.45, 7) is 0. The van der Waals surface area contributed by atoms with Gasteiger partial charge in [-0.15, -0.1) is 0 Å². The Morgan fingerprint density at radius 2 is 1.81 bits per heavy atom. The molecular weight excluding hydrogens is 423 g/mol. The molecule has 3 aromatic rings. The summed E-state index contributed by atoms with van der Waals surface area (Å²) in [4.78, 5) is 31.6. The summed E-state index contributed by atoms with van der Waals surface area (Å²) in [6.07, 6.45) is -1.87. The number of hydrogen-bond donors (Lipinski definition) is 3. The van der Waals surface area contributed by atoms with Crippen LogP contribution in [0.3, 0.4) is 0 Å². The van der Waals surface area contributed by atoms with Crippen molar-refractivity contribution < 1.29 is 22.8 Å². The number of anilines is 4. The minimum Gasteiger partial charge on any atom is -0.355 e. The van der Waals surface area contributed by atoms with Crippen molar-refractivity contribution in [3.8, 4) is 0 Å². The van der Waals surface area contributed by atoms with Crippen molar-refractivity contribution >= 4 is 34.7 Å². The van der Waals surface area contributed by atoms with Gasteiger partial charge in [0.1, 0.15) is 17.4 Å². The molecule has 2 aromatic heterocycles. The van der Waals surface area contributed by atoms with Gasteiger partial charge in [-0.1, -0.05) is 6.07 Å². The first-order valence-electron chi connectivity index (χ1n) is 9.66. The van der Waals surface area contributed by atoms with E-state index in [2.05, 4.69) is 25.9 Å². The van der Waals surface area contributed by atoms with Gasteiger partial charge < -0.3 is 16.0 Å². The van der Waals surface area contributed by atoms with E-state index >= 15 is 0 Å². The second kappa shape index (κ2) is 8.29. The molecule has 32 heavy (non-hydrogen) atoms. The van der Waals surface area contributed by atoms with E-state index in [1.165, 1.54) is 31.4 Å². The number of carbonyl (C=O) groups excluding carboxylic acids is 2. The molecule has 4 rings (SSSR count). The maximum Gasteiger partial charge on any atom is 0.419 e. The molecule has 2 heterocycles. The summed E-state index contributed by atoms with van der Waals surface area (Å²) in [5.74, 6) is -0.236. The Bertz CT molecular complexity index is 1210. The minimum atomic E-state index is -4.68. The number of nitrogens with one attached hydrogen (secondary N) is 3. The fraction of sp³-hybridized carbons (Fsp3) is 0.182. The first-order valence-corrected chi connectivity index (χ1v) is 9.66. The van der Waals surface area contributed by atoms with Gasteiger partial charge >= 0.3 is 6.18 Å². The first kappa shape index (κ1) is 21.3. The third-order valence-electron chi connectivity index (χ3n) is 5.00. The van der Waals surface area contributed by atoms with Crippen molar-refractivity contribution in [1.82, 2.24) is 15.3 Å². The lowest BCUT2D eigenvalue weighted by Gasteiger charge is -2.17. The van der Waals surface area contributed by atoms with Crippen molar-refractivity contribution in [3.63, 3.8) is 0 Å². The molecule has 0 bridgehead atoms. The van der Waals surface area contributed by atoms with Crippen LogP contribution in [-0.4, -0.2) is 28.7 Å². The van der Waals surface area contributed by atoms with Crippen LogP contribution in [0.15, 0.2) is 48.8 Å². The van der Waals surface area contributed by atoms with Crippen molar-refractivity contribution in [2.75, 3.05) is 17.7 Å². The monoisotopic (exact) mass is 441 g/mol. The Kier molecular flexibility index (Phi) is 5.52. The van der Waals surface area contributed by atoms with Gasteiger partial charge in [-0.05, 0) is 35.4 Å². The molecule has 1 aliphatic rings. The van der Waals surface area contributed by atoms with E-state index in [1.54, 1.807) is 12.1 Å². The van der Waals surface area contributed by atoms with E-state index in [9.17, 15) is 22.8 Å². The normalized spacial score (nSPS) is 12.9. The summed E-state index contributed by atoms with van der Waals surface area (Å²) >= 11 is 0. The Balaban J connectivity index is 1.68. The van der Waals surface area contributed by atoms with Crippen LogP contribution in [0, 0.1) is 0 Å². The zero-order valence-corrected chi connectivity index (χ0v) is 16.9. The van der Waals surface area contributed by atoms with Gasteiger partial charge in [0, 0.05) is 44.0 Å². The third-order valence-corrected chi connectivity index (χ3v) is 5.00. The van der Waals surface area contributed by atoms with E-state index in [-0.39, 0.29) is 28.7 Å². The zero-order chi connectivity index (χ0) is 22.9. The Hall–Kier alpha value is -3.95. The standard InChI is InChI=1S/C22H18F3N5O2/c1-26-21(32)16-3-2-6-27-20(16)30-18-10-19(28-11-17(18)22(23,24)25)29-14-5-4-12-8-15(31)9-13(12)7-14/h2-7,10-11H,8-9H2,1H3,(H,26,32)(H2,27,28,29,30). The molecule has 0 aliphatic heterocycles. The van der Waals surface area contributed by atoms with Crippen LogP contribution in [0.4, 0.5) is 36.2 Å². The highest BCUT2D eigenvalue weighted by Crippen LogP contribution is 2.37. The molecule has 1 aromatic carbocycles. The molecule has 0 fully saturated rings. The number of amides is 1. The maximum atomic E-state index is 13.6. The summed E-state index contributed by atoms with van der Waals surface area (Å²) in [6, 6.07) is 9.51. The summed E-state index contributed by atoms with van der Waals surface area (Å²) < 4.78 is 40.8. The lowest BCUT2D eigenvalue weighted by Crippen LogP contribution is -2.20. The Morgan fingerprint density at radius 1 is 1.03 bits per heavy atom. The van der Waals surface area contributed by atoms with Gasteiger partial charge in [-0.25, -0.2) is 9.97 Å². The molecule has 3 N–H and O–H groups in total. The van der Waals surface area contributed by atoms with Gasteiger partial charge in [0.2, 0.25) is 0 Å². The van der Waals surface area contributed by atoms with E-state index in [1.807, 2.05) is 6.07 Å². The number of carbonyl (C=O) groups is 2. The number of benzene rings is 1. The predicted molar refractivity (Wildman–Crippen MR) is 112 cm³/mol. The molecule has 1 aliphatic carbocycles. The number of hydrogen-bond acceptors (Lipinski definition) is 6. The van der Waals surface area contributed by atoms with Gasteiger partial charge in [0.25, 0.3) is 5.91 Å². The number of halogens is 3. The average Bonchev–Trinajstić information content (AvgIpc) is 3.12. The van der Waals surface area contributed by atoms with Gasteiger partial charge in [0.15, 0.2) is 0 Å². The summed E-state index contributed by atoms with van der Waals surface area (Å²) in [7, 11) is 1.42.